The number of hydrogen-bond acceptors (Lipinski definition) is 3. The zero-order valence-electron chi connectivity index (χ0n) is 32.7. The molecule has 2 saturated carbocycles. The van der Waals surface area contributed by atoms with E-state index in [2.05, 4.69) is 91.0 Å². The lowest BCUT2D eigenvalue weighted by molar-refractivity contribution is -0.139. The Morgan fingerprint density at radius 1 is 0.815 bits per heavy atom. The predicted molar refractivity (Wildman–Crippen MR) is 223 cm³/mol. The van der Waals surface area contributed by atoms with Crippen LogP contribution in [0.3, 0.4) is 0 Å². The number of nitrogens with two attached hydrogens (primary N) is 1. The highest BCUT2D eigenvalue weighted by molar-refractivity contribution is 5.67. The Labute approximate surface area is 326 Å². The third-order valence-corrected chi connectivity index (χ3v) is 13.7. The van der Waals surface area contributed by atoms with Crippen LogP contribution in [0.4, 0.5) is 0 Å². The molecule has 3 aromatic rings. The van der Waals surface area contributed by atoms with Crippen molar-refractivity contribution in [3.8, 4) is 5.75 Å². The lowest BCUT2D eigenvalue weighted by atomic mass is 9.51. The van der Waals surface area contributed by atoms with E-state index in [-0.39, 0.29) is 29.6 Å². The number of carboxylic acid groups (broad SMARTS) is 1. The zero-order chi connectivity index (χ0) is 37.6. The van der Waals surface area contributed by atoms with Gasteiger partial charge in [0.25, 0.3) is 0 Å². The van der Waals surface area contributed by atoms with Gasteiger partial charge in [0.05, 0.1) is 0 Å². The molecule has 54 heavy (non-hydrogen) atoms. The first kappa shape index (κ1) is 40.0. The van der Waals surface area contributed by atoms with Gasteiger partial charge in [0, 0.05) is 11.8 Å². The summed E-state index contributed by atoms with van der Waals surface area (Å²) in [5.74, 6) is 2.19. The number of carboxylic acids is 1. The first-order valence-electron chi connectivity index (χ1n) is 21.6. The van der Waals surface area contributed by atoms with Crippen LogP contribution < -0.4 is 5.73 Å². The standard InChI is InChI=1S/C50H67NO3/c51-32-30-46-43(34-40(27-26-39-18-8-2-9-19-39)20-10-3-7-17-38-15-5-1-6-16-38)28-29-48(47(46)36-49(53)54)50(44-23-11-4-12-24-44)31-14-22-42(37-50)33-41-21-13-25-45(52)35-41/h2-4,8-13,18-19,21,23-25,28-29,35,38,40,42-43,46-48,52H,1,5-7,14-17,20,22,26-27,30-34,36-37,51H2,(H,53,54)/b10-3-/t40-,42-,43+,46-,47-,48-,50-/m0/s1. The molecular formula is C50H67NO3. The number of carbonyl (C=O) groups is 1. The van der Waals surface area contributed by atoms with Gasteiger partial charge >= 0.3 is 5.97 Å². The molecule has 3 aromatic carbocycles. The molecule has 2 fully saturated rings. The molecule has 0 aromatic heterocycles. The van der Waals surface area contributed by atoms with Gasteiger partial charge in [-0.15, -0.1) is 0 Å². The average molecular weight is 730 g/mol. The van der Waals surface area contributed by atoms with Gasteiger partial charge in [0.1, 0.15) is 5.75 Å². The van der Waals surface area contributed by atoms with Crippen LogP contribution >= 0.6 is 0 Å². The monoisotopic (exact) mass is 730 g/mol. The number of aromatic hydroxyl groups is 1. The zero-order valence-corrected chi connectivity index (χ0v) is 32.7. The minimum Gasteiger partial charge on any atom is -0.508 e. The summed E-state index contributed by atoms with van der Waals surface area (Å²) in [4.78, 5) is 12.8. The molecule has 6 rings (SSSR count). The number of rotatable bonds is 18. The molecule has 0 radical (unpaired) electrons. The van der Waals surface area contributed by atoms with Gasteiger partial charge < -0.3 is 15.9 Å². The van der Waals surface area contributed by atoms with Crippen molar-refractivity contribution in [1.82, 2.24) is 0 Å². The molecule has 0 amide bonds. The quantitative estimate of drug-likeness (QED) is 0.114. The van der Waals surface area contributed by atoms with Gasteiger partial charge in [-0.05, 0) is 141 Å². The Morgan fingerprint density at radius 3 is 2.30 bits per heavy atom. The Hall–Kier alpha value is -3.63. The maximum Gasteiger partial charge on any atom is 0.303 e. The lowest BCUT2D eigenvalue weighted by Crippen LogP contribution is -2.48. The van der Waals surface area contributed by atoms with E-state index >= 15 is 0 Å². The van der Waals surface area contributed by atoms with E-state index < -0.39 is 5.97 Å². The van der Waals surface area contributed by atoms with Crippen LogP contribution in [0.1, 0.15) is 119 Å². The number of benzene rings is 3. The molecule has 0 aliphatic heterocycles. The Bertz CT molecular complexity index is 1610. The average Bonchev–Trinajstić information content (AvgIpc) is 3.19. The fraction of sp³-hybridized carbons (Fsp3) is 0.540. The van der Waals surface area contributed by atoms with Gasteiger partial charge in [-0.25, -0.2) is 0 Å². The van der Waals surface area contributed by atoms with Crippen molar-refractivity contribution in [2.45, 2.75) is 121 Å². The second-order valence-electron chi connectivity index (χ2n) is 17.4. The van der Waals surface area contributed by atoms with Crippen molar-refractivity contribution in [1.29, 1.82) is 0 Å². The van der Waals surface area contributed by atoms with Crippen molar-refractivity contribution in [2.75, 3.05) is 6.54 Å². The number of hydrogen-bond donors (Lipinski definition) is 3. The Balaban J connectivity index is 1.27. The Morgan fingerprint density at radius 2 is 1.56 bits per heavy atom. The number of aryl methyl sites for hydroxylation is 1. The minimum atomic E-state index is -0.696. The molecule has 4 N–H and O–H groups in total. The van der Waals surface area contributed by atoms with Gasteiger partial charge in [0.2, 0.25) is 0 Å². The van der Waals surface area contributed by atoms with E-state index in [1.807, 2.05) is 12.1 Å². The van der Waals surface area contributed by atoms with Crippen LogP contribution in [-0.4, -0.2) is 22.7 Å². The first-order valence-corrected chi connectivity index (χ1v) is 21.6. The van der Waals surface area contributed by atoms with Crippen molar-refractivity contribution in [3.05, 3.63) is 126 Å². The second-order valence-corrected chi connectivity index (χ2v) is 17.4. The molecule has 0 spiro atoms. The lowest BCUT2D eigenvalue weighted by Gasteiger charge is -2.52. The molecule has 0 bridgehead atoms. The molecule has 7 atom stereocenters. The van der Waals surface area contributed by atoms with Crippen LogP contribution in [0, 0.1) is 41.4 Å². The van der Waals surface area contributed by atoms with E-state index in [0.717, 1.165) is 70.1 Å². The number of phenols is 1. The van der Waals surface area contributed by atoms with Gasteiger partial charge in [-0.1, -0.05) is 142 Å². The van der Waals surface area contributed by atoms with E-state index in [1.165, 1.54) is 61.6 Å². The van der Waals surface area contributed by atoms with Gasteiger partial charge in [0.15, 0.2) is 0 Å². The van der Waals surface area contributed by atoms with Crippen LogP contribution in [0.15, 0.2) is 109 Å². The van der Waals surface area contributed by atoms with Gasteiger partial charge in [-0.2, -0.15) is 0 Å². The summed E-state index contributed by atoms with van der Waals surface area (Å²) in [6.07, 6.45) is 30.1. The molecule has 0 heterocycles. The first-order chi connectivity index (χ1) is 26.4. The van der Waals surface area contributed by atoms with E-state index in [9.17, 15) is 15.0 Å². The highest BCUT2D eigenvalue weighted by Gasteiger charge is 2.50. The molecule has 290 valence electrons. The van der Waals surface area contributed by atoms with Crippen LogP contribution in [0.2, 0.25) is 0 Å². The Kier molecular flexibility index (Phi) is 15.1. The SMILES string of the molecule is NCC[C@@H]1[C@H](CC(=O)O)[C@@H]([C@@]2(c3ccccc3)CCC[C@@H](Cc3cccc(O)c3)C2)C=C[C@@H]1C[C@@H](C/C=C\CCC1CCCCC1)CCc1ccccc1. The highest BCUT2D eigenvalue weighted by atomic mass is 16.4. The molecular weight excluding hydrogens is 663 g/mol. The normalized spacial score (nSPS) is 26.9. The summed E-state index contributed by atoms with van der Waals surface area (Å²) in [5.41, 5.74) is 10.2. The van der Waals surface area contributed by atoms with Crippen molar-refractivity contribution in [2.24, 2.45) is 47.2 Å². The minimum absolute atomic E-state index is 0.0154. The van der Waals surface area contributed by atoms with Gasteiger partial charge in [-0.3, -0.25) is 4.79 Å². The summed E-state index contributed by atoms with van der Waals surface area (Å²) in [6.45, 7) is 0.575. The highest BCUT2D eigenvalue weighted by Crippen LogP contribution is 2.56. The fourth-order valence-corrected chi connectivity index (χ4v) is 11.2. The second kappa shape index (κ2) is 20.3. The molecule has 4 heteroatoms. The third-order valence-electron chi connectivity index (χ3n) is 13.7. The molecule has 3 aliphatic carbocycles. The third kappa shape index (κ3) is 11.0. The summed E-state index contributed by atoms with van der Waals surface area (Å²) in [6, 6.07) is 29.7. The smallest absolute Gasteiger partial charge is 0.303 e. The summed E-state index contributed by atoms with van der Waals surface area (Å²) >= 11 is 0. The topological polar surface area (TPSA) is 83.6 Å². The largest absolute Gasteiger partial charge is 0.508 e. The van der Waals surface area contributed by atoms with E-state index in [0.29, 0.717) is 30.0 Å². The molecule has 0 saturated heterocycles. The predicted octanol–water partition coefficient (Wildman–Crippen LogP) is 11.9. The number of phenolic OH excluding ortho intramolecular Hbond substituents is 1. The number of allylic oxidation sites excluding steroid dienone is 4. The molecule has 0 unspecified atom stereocenters. The van der Waals surface area contributed by atoms with E-state index in [4.69, 9.17) is 5.73 Å². The molecule has 3 aliphatic rings. The molecule has 4 nitrogen and oxygen atoms in total. The fourth-order valence-electron chi connectivity index (χ4n) is 11.2. The summed E-state index contributed by atoms with van der Waals surface area (Å²) < 4.78 is 0. The van der Waals surface area contributed by atoms with Crippen LogP contribution in [0.5, 0.6) is 5.75 Å². The maximum absolute atomic E-state index is 12.8. The van der Waals surface area contributed by atoms with Crippen molar-refractivity contribution >= 4 is 5.97 Å². The maximum atomic E-state index is 12.8. The van der Waals surface area contributed by atoms with Crippen LogP contribution in [0.25, 0.3) is 0 Å². The summed E-state index contributed by atoms with van der Waals surface area (Å²) in [5, 5.41) is 20.8. The van der Waals surface area contributed by atoms with Crippen molar-refractivity contribution < 1.29 is 15.0 Å². The van der Waals surface area contributed by atoms with E-state index in [1.54, 1.807) is 6.07 Å². The number of aliphatic carboxylic acids is 1. The van der Waals surface area contributed by atoms with Crippen LogP contribution in [-0.2, 0) is 23.1 Å². The summed E-state index contributed by atoms with van der Waals surface area (Å²) in [7, 11) is 0. The van der Waals surface area contributed by atoms with Crippen molar-refractivity contribution in [3.63, 3.8) is 0 Å².